The monoisotopic (exact) mass is 254 g/mol. The van der Waals surface area contributed by atoms with Crippen molar-refractivity contribution < 1.29 is 13.6 Å². The fourth-order valence-corrected chi connectivity index (χ4v) is 2.48. The molecule has 1 aromatic carbocycles. The van der Waals surface area contributed by atoms with Crippen molar-refractivity contribution in [2.24, 2.45) is 5.73 Å². The average molecular weight is 254 g/mol. The first-order chi connectivity index (χ1) is 8.56. The van der Waals surface area contributed by atoms with Crippen LogP contribution >= 0.6 is 0 Å². The summed E-state index contributed by atoms with van der Waals surface area (Å²) >= 11 is 0. The third-order valence-electron chi connectivity index (χ3n) is 3.23. The number of nitrogens with two attached hydrogens (primary N) is 1. The third-order valence-corrected chi connectivity index (χ3v) is 3.23. The molecule has 0 radical (unpaired) electrons. The zero-order valence-corrected chi connectivity index (χ0v) is 10.2. The summed E-state index contributed by atoms with van der Waals surface area (Å²) in [7, 11) is 0. The van der Waals surface area contributed by atoms with Crippen LogP contribution in [0.2, 0.25) is 0 Å². The minimum atomic E-state index is -0.696. The Balaban J connectivity index is 2.43. The van der Waals surface area contributed by atoms with Gasteiger partial charge in [-0.1, -0.05) is 13.0 Å². The van der Waals surface area contributed by atoms with Gasteiger partial charge in [0, 0.05) is 24.6 Å². The Bertz CT molecular complexity index is 444. The van der Waals surface area contributed by atoms with E-state index in [1.54, 1.807) is 0 Å². The van der Waals surface area contributed by atoms with E-state index in [1.807, 2.05) is 6.92 Å². The molecule has 0 aliphatic carbocycles. The molecule has 98 valence electrons. The summed E-state index contributed by atoms with van der Waals surface area (Å²) in [4.78, 5) is 13.3. The van der Waals surface area contributed by atoms with Crippen molar-refractivity contribution in [2.45, 2.75) is 31.8 Å². The molecule has 1 saturated heterocycles. The zero-order valence-electron chi connectivity index (χ0n) is 10.2. The number of hydrogen-bond donors (Lipinski definition) is 1. The van der Waals surface area contributed by atoms with Crippen molar-refractivity contribution in [1.82, 2.24) is 4.90 Å². The molecule has 1 amide bonds. The van der Waals surface area contributed by atoms with Gasteiger partial charge in [-0.05, 0) is 18.6 Å². The Morgan fingerprint density at radius 2 is 2.00 bits per heavy atom. The van der Waals surface area contributed by atoms with Crippen LogP contribution < -0.4 is 5.73 Å². The molecular weight excluding hydrogens is 238 g/mol. The van der Waals surface area contributed by atoms with Crippen molar-refractivity contribution in [1.29, 1.82) is 0 Å². The molecule has 1 fully saturated rings. The topological polar surface area (TPSA) is 46.3 Å². The number of hydrogen-bond acceptors (Lipinski definition) is 2. The predicted molar refractivity (Wildman–Crippen MR) is 63.7 cm³/mol. The highest BCUT2D eigenvalue weighted by Crippen LogP contribution is 2.34. The summed E-state index contributed by atoms with van der Waals surface area (Å²) in [6, 6.07) is 2.44. The molecule has 2 N–H and O–H groups in total. The van der Waals surface area contributed by atoms with Gasteiger partial charge in [-0.3, -0.25) is 4.79 Å². The normalized spacial score (nSPS) is 23.8. The highest BCUT2D eigenvalue weighted by molar-refractivity contribution is 5.80. The van der Waals surface area contributed by atoms with Crippen LogP contribution in [0.3, 0.4) is 0 Å². The van der Waals surface area contributed by atoms with Gasteiger partial charge in [-0.25, -0.2) is 8.78 Å². The average Bonchev–Trinajstić information content (AvgIpc) is 2.56. The van der Waals surface area contributed by atoms with Gasteiger partial charge in [-0.15, -0.1) is 0 Å². The molecule has 3 nitrogen and oxygen atoms in total. The Morgan fingerprint density at radius 3 is 2.56 bits per heavy atom. The number of halogens is 2. The smallest absolute Gasteiger partial charge is 0.224 e. The molecule has 0 spiro atoms. The summed E-state index contributed by atoms with van der Waals surface area (Å²) in [6.45, 7) is 2.37. The van der Waals surface area contributed by atoms with Gasteiger partial charge in [0.25, 0.3) is 0 Å². The second-order valence-corrected chi connectivity index (χ2v) is 4.54. The Morgan fingerprint density at radius 1 is 1.39 bits per heavy atom. The minimum absolute atomic E-state index is 0.0932. The van der Waals surface area contributed by atoms with Crippen LogP contribution in [0.25, 0.3) is 0 Å². The molecule has 2 atom stereocenters. The molecule has 0 bridgehead atoms. The Labute approximate surface area is 105 Å². The van der Waals surface area contributed by atoms with Crippen LogP contribution in [-0.4, -0.2) is 23.4 Å². The van der Waals surface area contributed by atoms with Crippen molar-refractivity contribution >= 4 is 5.91 Å². The van der Waals surface area contributed by atoms with Crippen LogP contribution in [-0.2, 0) is 4.79 Å². The lowest BCUT2D eigenvalue weighted by Gasteiger charge is -2.27. The first kappa shape index (κ1) is 13.0. The largest absolute Gasteiger partial charge is 0.334 e. The van der Waals surface area contributed by atoms with Gasteiger partial charge in [-0.2, -0.15) is 0 Å². The lowest BCUT2D eigenvalue weighted by Crippen LogP contribution is -2.34. The minimum Gasteiger partial charge on any atom is -0.334 e. The molecular formula is C13H16F2N2O. The number of carbonyl (C=O) groups excluding carboxylic acids is 1. The summed E-state index contributed by atoms with van der Waals surface area (Å²) in [6.07, 6.45) is 0.865. The highest BCUT2D eigenvalue weighted by Gasteiger charge is 2.40. The number of likely N-dealkylation sites (tertiary alicyclic amines) is 1. The Hall–Kier alpha value is -1.49. The van der Waals surface area contributed by atoms with Gasteiger partial charge in [0.05, 0.1) is 6.04 Å². The first-order valence-electron chi connectivity index (χ1n) is 6.05. The molecule has 2 rings (SSSR count). The van der Waals surface area contributed by atoms with Gasteiger partial charge in [0.15, 0.2) is 0 Å². The van der Waals surface area contributed by atoms with Crippen LogP contribution in [0.1, 0.15) is 31.4 Å². The van der Waals surface area contributed by atoms with Gasteiger partial charge in [0.2, 0.25) is 5.91 Å². The van der Waals surface area contributed by atoms with E-state index < -0.39 is 23.7 Å². The maximum atomic E-state index is 13.8. The predicted octanol–water partition coefficient (Wildman–Crippen LogP) is 1.98. The van der Waals surface area contributed by atoms with E-state index in [2.05, 4.69) is 0 Å². The quantitative estimate of drug-likeness (QED) is 0.896. The summed E-state index contributed by atoms with van der Waals surface area (Å²) < 4.78 is 27.6. The summed E-state index contributed by atoms with van der Waals surface area (Å²) in [5, 5.41) is 0. The molecule has 0 aromatic heterocycles. The summed E-state index contributed by atoms with van der Waals surface area (Å²) in [5.74, 6) is -1.44. The van der Waals surface area contributed by atoms with Crippen LogP contribution in [0.5, 0.6) is 0 Å². The van der Waals surface area contributed by atoms with Crippen LogP contribution in [0.4, 0.5) is 8.78 Å². The molecule has 1 aliphatic rings. The molecule has 18 heavy (non-hydrogen) atoms. The number of amides is 1. The van der Waals surface area contributed by atoms with Crippen molar-refractivity contribution in [3.63, 3.8) is 0 Å². The van der Waals surface area contributed by atoms with E-state index in [1.165, 1.54) is 23.1 Å². The van der Waals surface area contributed by atoms with E-state index in [0.29, 0.717) is 6.54 Å². The zero-order chi connectivity index (χ0) is 13.3. The highest BCUT2D eigenvalue weighted by atomic mass is 19.1. The standard InChI is InChI=1S/C13H16F2N2O/c1-2-6-17-11(18)7-10(16)13(17)12-8(14)4-3-5-9(12)15/h3-5,10,13H,2,6-7,16H2,1H3. The maximum Gasteiger partial charge on any atom is 0.224 e. The van der Waals surface area contributed by atoms with Gasteiger partial charge >= 0.3 is 0 Å². The van der Waals surface area contributed by atoms with E-state index in [-0.39, 0.29) is 17.9 Å². The maximum absolute atomic E-state index is 13.8. The number of carbonyl (C=O) groups is 1. The molecule has 2 unspecified atom stereocenters. The molecule has 1 aliphatic heterocycles. The van der Waals surface area contributed by atoms with E-state index in [4.69, 9.17) is 5.73 Å². The SMILES string of the molecule is CCCN1C(=O)CC(N)C1c1c(F)cccc1F. The van der Waals surface area contributed by atoms with E-state index in [0.717, 1.165) is 6.42 Å². The van der Waals surface area contributed by atoms with Crippen molar-refractivity contribution in [3.05, 3.63) is 35.4 Å². The number of nitrogens with zero attached hydrogens (tertiary/aromatic N) is 1. The van der Waals surface area contributed by atoms with E-state index in [9.17, 15) is 13.6 Å². The molecule has 1 heterocycles. The molecule has 5 heteroatoms. The van der Waals surface area contributed by atoms with Crippen molar-refractivity contribution in [2.75, 3.05) is 6.54 Å². The van der Waals surface area contributed by atoms with Gasteiger partial charge < -0.3 is 10.6 Å². The third kappa shape index (κ3) is 2.10. The second-order valence-electron chi connectivity index (χ2n) is 4.54. The van der Waals surface area contributed by atoms with E-state index >= 15 is 0 Å². The van der Waals surface area contributed by atoms with Crippen molar-refractivity contribution in [3.8, 4) is 0 Å². The van der Waals surface area contributed by atoms with Crippen LogP contribution in [0.15, 0.2) is 18.2 Å². The fourth-order valence-electron chi connectivity index (χ4n) is 2.48. The molecule has 0 saturated carbocycles. The first-order valence-corrected chi connectivity index (χ1v) is 6.05. The lowest BCUT2D eigenvalue weighted by molar-refractivity contribution is -0.129. The number of benzene rings is 1. The Kier molecular flexibility index (Phi) is 3.61. The van der Waals surface area contributed by atoms with Crippen LogP contribution in [0, 0.1) is 11.6 Å². The van der Waals surface area contributed by atoms with Gasteiger partial charge in [0.1, 0.15) is 11.6 Å². The lowest BCUT2D eigenvalue weighted by atomic mass is 9.99. The fraction of sp³-hybridized carbons (Fsp3) is 0.462. The number of rotatable bonds is 3. The second kappa shape index (κ2) is 5.02. The summed E-state index contributed by atoms with van der Waals surface area (Å²) in [5.41, 5.74) is 5.77. The molecule has 1 aromatic rings.